The second-order valence-electron chi connectivity index (χ2n) is 7.95. The predicted molar refractivity (Wildman–Crippen MR) is 126 cm³/mol. The van der Waals surface area contributed by atoms with Crippen molar-refractivity contribution in [2.24, 2.45) is 0 Å². The molecule has 1 N–H and O–H groups in total. The van der Waals surface area contributed by atoms with Gasteiger partial charge in [0.05, 0.1) is 30.2 Å². The largest absolute Gasteiger partial charge is 0.507 e. The van der Waals surface area contributed by atoms with Crippen LogP contribution >= 0.6 is 0 Å². The molecule has 0 spiro atoms. The molecule has 1 aliphatic heterocycles. The maximum atomic E-state index is 13.1. The third kappa shape index (κ3) is 5.22. The Hall–Kier alpha value is -4.05. The van der Waals surface area contributed by atoms with Gasteiger partial charge in [-0.15, -0.1) is 0 Å². The first kappa shape index (κ1) is 24.1. The summed E-state index contributed by atoms with van der Waals surface area (Å²) in [6.07, 6.45) is 0.874. The molecule has 35 heavy (non-hydrogen) atoms. The van der Waals surface area contributed by atoms with E-state index in [1.165, 1.54) is 37.6 Å². The van der Waals surface area contributed by atoms with Crippen LogP contribution in [0.1, 0.15) is 22.8 Å². The number of hydrogen-bond acceptors (Lipinski definition) is 9. The number of hydrogen-bond donors (Lipinski definition) is 1. The molecule has 10 heteroatoms. The van der Waals surface area contributed by atoms with Crippen molar-refractivity contribution in [2.45, 2.75) is 13.5 Å². The van der Waals surface area contributed by atoms with E-state index in [0.717, 1.165) is 0 Å². The highest BCUT2D eigenvalue weighted by Crippen LogP contribution is 2.30. The van der Waals surface area contributed by atoms with Gasteiger partial charge in [-0.2, -0.15) is 0 Å². The fourth-order valence-corrected chi connectivity index (χ4v) is 3.88. The van der Waals surface area contributed by atoms with Crippen molar-refractivity contribution in [1.82, 2.24) is 9.80 Å². The van der Waals surface area contributed by atoms with Gasteiger partial charge in [-0.1, -0.05) is 0 Å². The molecule has 1 fully saturated rings. The van der Waals surface area contributed by atoms with Crippen LogP contribution in [0, 0.1) is 0 Å². The quantitative estimate of drug-likeness (QED) is 0.528. The number of carbonyl (C=O) groups is 2. The van der Waals surface area contributed by atoms with E-state index >= 15 is 0 Å². The minimum atomic E-state index is -0.476. The molecule has 1 aliphatic rings. The second-order valence-corrected chi connectivity index (χ2v) is 7.95. The molecule has 2 heterocycles. The number of ether oxygens (including phenoxy) is 3. The van der Waals surface area contributed by atoms with Crippen LogP contribution in [0.2, 0.25) is 0 Å². The molecule has 0 bridgehead atoms. The van der Waals surface area contributed by atoms with Crippen LogP contribution in [0.15, 0.2) is 51.9 Å². The van der Waals surface area contributed by atoms with E-state index in [9.17, 15) is 19.5 Å². The van der Waals surface area contributed by atoms with Gasteiger partial charge < -0.3 is 28.6 Å². The Bertz CT molecular complexity index is 1280. The van der Waals surface area contributed by atoms with Gasteiger partial charge >= 0.3 is 12.1 Å². The maximum absolute atomic E-state index is 13.1. The van der Waals surface area contributed by atoms with Gasteiger partial charge in [0, 0.05) is 32.7 Å². The summed E-state index contributed by atoms with van der Waals surface area (Å²) in [5.74, 6) is -0.136. The summed E-state index contributed by atoms with van der Waals surface area (Å²) < 4.78 is 21.1. The summed E-state index contributed by atoms with van der Waals surface area (Å²) in [6, 6.07) is 9.11. The van der Waals surface area contributed by atoms with Crippen LogP contribution in [-0.4, -0.2) is 66.9 Å². The number of rotatable bonds is 6. The Morgan fingerprint density at radius 2 is 1.77 bits per heavy atom. The summed E-state index contributed by atoms with van der Waals surface area (Å²) in [7, 11) is 1.29. The van der Waals surface area contributed by atoms with Crippen LogP contribution < -0.4 is 10.2 Å². The lowest BCUT2D eigenvalue weighted by Crippen LogP contribution is -2.48. The molecule has 4 rings (SSSR count). The molecular weight excluding hydrogens is 456 g/mol. The molecule has 184 valence electrons. The Balaban J connectivity index is 1.52. The molecule has 10 nitrogen and oxygen atoms in total. The number of phenolic OH excluding ortho intramolecular Hbond substituents is 1. The Morgan fingerprint density at radius 3 is 2.43 bits per heavy atom. The van der Waals surface area contributed by atoms with E-state index in [-0.39, 0.29) is 28.6 Å². The van der Waals surface area contributed by atoms with Crippen LogP contribution in [0.3, 0.4) is 0 Å². The summed E-state index contributed by atoms with van der Waals surface area (Å²) in [5.41, 5.74) is 0.722. The van der Waals surface area contributed by atoms with E-state index in [2.05, 4.69) is 9.64 Å². The van der Waals surface area contributed by atoms with Crippen LogP contribution in [0.25, 0.3) is 11.0 Å². The highest BCUT2D eigenvalue weighted by Gasteiger charge is 2.24. The average molecular weight is 482 g/mol. The van der Waals surface area contributed by atoms with Crippen LogP contribution in [0.5, 0.6) is 17.2 Å². The lowest BCUT2D eigenvalue weighted by Gasteiger charge is -2.34. The highest BCUT2D eigenvalue weighted by molar-refractivity contribution is 5.89. The van der Waals surface area contributed by atoms with Crippen molar-refractivity contribution in [3.8, 4) is 17.2 Å². The van der Waals surface area contributed by atoms with Crippen LogP contribution in [0.4, 0.5) is 4.79 Å². The first-order chi connectivity index (χ1) is 16.9. The third-order valence-corrected chi connectivity index (χ3v) is 5.77. The lowest BCUT2D eigenvalue weighted by molar-refractivity contribution is 0.0600. The van der Waals surface area contributed by atoms with E-state index in [4.69, 9.17) is 13.9 Å². The van der Waals surface area contributed by atoms with Crippen molar-refractivity contribution >= 4 is 23.0 Å². The molecule has 0 saturated carbocycles. The Kier molecular flexibility index (Phi) is 7.21. The molecule has 0 aliphatic carbocycles. The zero-order valence-corrected chi connectivity index (χ0v) is 19.5. The molecule has 0 atom stereocenters. The molecule has 1 amide bonds. The zero-order valence-electron chi connectivity index (χ0n) is 19.5. The highest BCUT2D eigenvalue weighted by atomic mass is 16.6. The topological polar surface area (TPSA) is 119 Å². The van der Waals surface area contributed by atoms with Crippen molar-refractivity contribution in [2.75, 3.05) is 39.9 Å². The van der Waals surface area contributed by atoms with Gasteiger partial charge in [-0.05, 0) is 43.3 Å². The van der Waals surface area contributed by atoms with Gasteiger partial charge in [0.1, 0.15) is 23.3 Å². The molecular formula is C25H26N2O8. The van der Waals surface area contributed by atoms with E-state index in [0.29, 0.717) is 56.2 Å². The summed E-state index contributed by atoms with van der Waals surface area (Å²) in [6.45, 7) is 4.61. The van der Waals surface area contributed by atoms with Crippen LogP contribution in [-0.2, 0) is 16.0 Å². The standard InChI is InChI=1S/C25H26N2O8/c1-3-33-25(31)27-12-10-26(11-13-27)14-19-20(28)9-8-18-22(29)21(15-34-23(18)19)35-17-6-4-16(5-7-17)24(30)32-2/h4-9,15,28H,3,10-14H2,1-2H3. The van der Waals surface area contributed by atoms with Crippen molar-refractivity contribution in [3.05, 3.63) is 64.0 Å². The minimum absolute atomic E-state index is 0.0144. The molecule has 0 radical (unpaired) electrons. The number of amides is 1. The average Bonchev–Trinajstić information content (AvgIpc) is 2.88. The summed E-state index contributed by atoms with van der Waals surface area (Å²) in [4.78, 5) is 40.3. The number of benzene rings is 2. The number of fused-ring (bicyclic) bond motifs is 1. The fraction of sp³-hybridized carbons (Fsp3) is 0.320. The Morgan fingerprint density at radius 1 is 1.06 bits per heavy atom. The normalized spacial score (nSPS) is 14.1. The van der Waals surface area contributed by atoms with E-state index in [1.807, 2.05) is 0 Å². The summed E-state index contributed by atoms with van der Waals surface area (Å²) in [5, 5.41) is 10.8. The van der Waals surface area contributed by atoms with Crippen molar-refractivity contribution < 1.29 is 33.3 Å². The number of nitrogens with zero attached hydrogens (tertiary/aromatic N) is 2. The molecule has 0 unspecified atom stereocenters. The van der Waals surface area contributed by atoms with E-state index in [1.54, 1.807) is 24.0 Å². The number of carbonyl (C=O) groups excluding carboxylic acids is 2. The predicted octanol–water partition coefficient (Wildman–Crippen LogP) is 3.35. The summed E-state index contributed by atoms with van der Waals surface area (Å²) >= 11 is 0. The number of methoxy groups -OCH3 is 1. The monoisotopic (exact) mass is 482 g/mol. The molecule has 1 aromatic heterocycles. The first-order valence-electron chi connectivity index (χ1n) is 11.2. The van der Waals surface area contributed by atoms with Crippen molar-refractivity contribution in [1.29, 1.82) is 0 Å². The molecule has 3 aromatic rings. The molecule has 2 aromatic carbocycles. The SMILES string of the molecule is CCOC(=O)N1CCN(Cc2c(O)ccc3c(=O)c(Oc4ccc(C(=O)OC)cc4)coc23)CC1. The van der Waals surface area contributed by atoms with E-state index < -0.39 is 11.4 Å². The second kappa shape index (κ2) is 10.5. The maximum Gasteiger partial charge on any atom is 0.409 e. The molecule has 1 saturated heterocycles. The number of piperazine rings is 1. The number of aromatic hydroxyl groups is 1. The van der Waals surface area contributed by atoms with Gasteiger partial charge in [0.15, 0.2) is 0 Å². The van der Waals surface area contributed by atoms with Gasteiger partial charge in [0.25, 0.3) is 0 Å². The van der Waals surface area contributed by atoms with Gasteiger partial charge in [-0.25, -0.2) is 9.59 Å². The number of phenols is 1. The number of esters is 1. The third-order valence-electron chi connectivity index (χ3n) is 5.77. The van der Waals surface area contributed by atoms with Gasteiger partial charge in [-0.3, -0.25) is 9.69 Å². The zero-order chi connectivity index (χ0) is 24.9. The van der Waals surface area contributed by atoms with Crippen molar-refractivity contribution in [3.63, 3.8) is 0 Å². The smallest absolute Gasteiger partial charge is 0.409 e. The Labute approximate surface area is 201 Å². The first-order valence-corrected chi connectivity index (χ1v) is 11.2. The lowest BCUT2D eigenvalue weighted by atomic mass is 10.1. The fourth-order valence-electron chi connectivity index (χ4n) is 3.88. The minimum Gasteiger partial charge on any atom is -0.507 e. The van der Waals surface area contributed by atoms with Gasteiger partial charge in [0.2, 0.25) is 11.2 Å².